The van der Waals surface area contributed by atoms with Crippen LogP contribution in [0.25, 0.3) is 0 Å². The van der Waals surface area contributed by atoms with Crippen molar-refractivity contribution in [1.29, 1.82) is 0 Å². The molecule has 0 bridgehead atoms. The van der Waals surface area contributed by atoms with E-state index < -0.39 is 0 Å². The van der Waals surface area contributed by atoms with Crippen LogP contribution in [0.5, 0.6) is 17.2 Å². The predicted octanol–water partition coefficient (Wildman–Crippen LogP) is 4.37. The van der Waals surface area contributed by atoms with Gasteiger partial charge in [0.05, 0.1) is 35.9 Å². The summed E-state index contributed by atoms with van der Waals surface area (Å²) in [5.41, 5.74) is 0.960. The van der Waals surface area contributed by atoms with Gasteiger partial charge in [0, 0.05) is 24.4 Å². The minimum atomic E-state index is -0.168. The summed E-state index contributed by atoms with van der Waals surface area (Å²) in [5, 5.41) is 0.712. The van der Waals surface area contributed by atoms with E-state index in [1.165, 1.54) is 12.4 Å². The molecule has 25 heavy (non-hydrogen) atoms. The Labute approximate surface area is 155 Å². The maximum Gasteiger partial charge on any atom is 0.204 e. The highest BCUT2D eigenvalue weighted by Crippen LogP contribution is 2.42. The number of rotatable bonds is 4. The normalized spacial score (nSPS) is 13.7. The van der Waals surface area contributed by atoms with Gasteiger partial charge in [0.15, 0.2) is 17.3 Å². The van der Waals surface area contributed by atoms with Gasteiger partial charge in [-0.15, -0.1) is 0 Å². The second-order valence-corrected chi connectivity index (χ2v) is 6.37. The quantitative estimate of drug-likeness (QED) is 0.735. The SMILES string of the molecule is COc1ccc(C(=O)Cc2c(Cl)cncc2Cl)c2c1OCCCCO2. The highest BCUT2D eigenvalue weighted by molar-refractivity contribution is 6.36. The second-order valence-electron chi connectivity index (χ2n) is 5.56. The minimum absolute atomic E-state index is 0.0440. The van der Waals surface area contributed by atoms with Crippen molar-refractivity contribution in [3.63, 3.8) is 0 Å². The van der Waals surface area contributed by atoms with Gasteiger partial charge in [0.2, 0.25) is 5.75 Å². The van der Waals surface area contributed by atoms with Crippen molar-refractivity contribution >= 4 is 29.0 Å². The van der Waals surface area contributed by atoms with E-state index in [1.54, 1.807) is 19.2 Å². The fourth-order valence-electron chi connectivity index (χ4n) is 2.62. The zero-order valence-corrected chi connectivity index (χ0v) is 15.2. The first-order valence-corrected chi connectivity index (χ1v) is 8.65. The molecule has 0 atom stereocenters. The van der Waals surface area contributed by atoms with E-state index in [1.807, 2.05) is 0 Å². The molecule has 1 aromatic carbocycles. The number of fused-ring (bicyclic) bond motifs is 1. The number of carbonyl (C=O) groups excluding carboxylic acids is 1. The van der Waals surface area contributed by atoms with Crippen molar-refractivity contribution in [3.8, 4) is 17.2 Å². The summed E-state index contributed by atoms with van der Waals surface area (Å²) in [5.74, 6) is 1.23. The summed E-state index contributed by atoms with van der Waals surface area (Å²) in [6, 6.07) is 3.38. The molecule has 132 valence electrons. The number of hydrogen-bond acceptors (Lipinski definition) is 5. The molecule has 2 heterocycles. The van der Waals surface area contributed by atoms with Crippen molar-refractivity contribution in [2.24, 2.45) is 0 Å². The third-order valence-electron chi connectivity index (χ3n) is 3.92. The molecule has 7 heteroatoms. The van der Waals surface area contributed by atoms with Gasteiger partial charge in [-0.25, -0.2) is 0 Å². The van der Waals surface area contributed by atoms with Crippen LogP contribution in [0.1, 0.15) is 28.8 Å². The third kappa shape index (κ3) is 3.83. The zero-order chi connectivity index (χ0) is 17.8. The molecular weight excluding hydrogens is 365 g/mol. The first-order valence-electron chi connectivity index (χ1n) is 7.89. The molecule has 2 aromatic rings. The fourth-order valence-corrected chi connectivity index (χ4v) is 3.12. The lowest BCUT2D eigenvalue weighted by molar-refractivity contribution is 0.0986. The van der Waals surface area contributed by atoms with E-state index in [0.29, 0.717) is 51.6 Å². The van der Waals surface area contributed by atoms with Gasteiger partial charge in [0.25, 0.3) is 0 Å². The smallest absolute Gasteiger partial charge is 0.204 e. The van der Waals surface area contributed by atoms with Crippen molar-refractivity contribution in [2.75, 3.05) is 20.3 Å². The Morgan fingerprint density at radius 1 is 1.12 bits per heavy atom. The monoisotopic (exact) mass is 381 g/mol. The molecule has 0 unspecified atom stereocenters. The van der Waals surface area contributed by atoms with Crippen LogP contribution in [0.15, 0.2) is 24.5 Å². The highest BCUT2D eigenvalue weighted by Gasteiger charge is 2.24. The molecule has 0 saturated carbocycles. The number of aromatic nitrogens is 1. The Kier molecular flexibility index (Phi) is 5.66. The molecule has 0 amide bonds. The second kappa shape index (κ2) is 7.93. The number of hydrogen-bond donors (Lipinski definition) is 0. The molecule has 0 radical (unpaired) electrons. The molecule has 0 N–H and O–H groups in total. The number of Topliss-reactive ketones (excluding diaryl/α,β-unsaturated/α-hetero) is 1. The average Bonchev–Trinajstić information content (AvgIpc) is 2.57. The Balaban J connectivity index is 1.98. The van der Waals surface area contributed by atoms with Gasteiger partial charge in [-0.1, -0.05) is 23.2 Å². The Morgan fingerprint density at radius 2 is 1.76 bits per heavy atom. The molecular formula is C18H17Cl2NO4. The Bertz CT molecular complexity index is 775. The van der Waals surface area contributed by atoms with Gasteiger partial charge in [0.1, 0.15) is 0 Å². The number of halogens is 2. The standard InChI is InChI=1S/C18H17Cl2NO4/c1-23-16-5-4-11(17-18(16)25-7-3-2-6-24-17)15(22)8-12-13(19)9-21-10-14(12)20/h4-5,9-10H,2-3,6-8H2,1H3. The van der Waals surface area contributed by atoms with Crippen LogP contribution in [0.4, 0.5) is 0 Å². The van der Waals surface area contributed by atoms with Crippen LogP contribution in [0.2, 0.25) is 10.0 Å². The van der Waals surface area contributed by atoms with Crippen LogP contribution in [0.3, 0.4) is 0 Å². The van der Waals surface area contributed by atoms with E-state index >= 15 is 0 Å². The van der Waals surface area contributed by atoms with Crippen LogP contribution < -0.4 is 14.2 Å². The average molecular weight is 382 g/mol. The summed E-state index contributed by atoms with van der Waals surface area (Å²) in [4.78, 5) is 16.8. The van der Waals surface area contributed by atoms with Crippen molar-refractivity contribution < 1.29 is 19.0 Å². The van der Waals surface area contributed by atoms with Crippen molar-refractivity contribution in [3.05, 3.63) is 45.7 Å². The number of pyridine rings is 1. The number of carbonyl (C=O) groups is 1. The van der Waals surface area contributed by atoms with Gasteiger partial charge in [-0.2, -0.15) is 0 Å². The van der Waals surface area contributed by atoms with Gasteiger partial charge in [-0.05, 0) is 25.0 Å². The molecule has 1 aromatic heterocycles. The summed E-state index contributed by atoms with van der Waals surface area (Å²) >= 11 is 12.2. The molecule has 1 aliphatic heterocycles. The lowest BCUT2D eigenvalue weighted by atomic mass is 10.0. The molecule has 0 aliphatic carbocycles. The van der Waals surface area contributed by atoms with Gasteiger partial charge in [-0.3, -0.25) is 9.78 Å². The highest BCUT2D eigenvalue weighted by atomic mass is 35.5. The number of nitrogens with zero attached hydrogens (tertiary/aromatic N) is 1. The molecule has 3 rings (SSSR count). The topological polar surface area (TPSA) is 57.7 Å². The largest absolute Gasteiger partial charge is 0.493 e. The molecule has 0 saturated heterocycles. The number of ketones is 1. The number of methoxy groups -OCH3 is 1. The molecule has 5 nitrogen and oxygen atoms in total. The lowest BCUT2D eigenvalue weighted by Crippen LogP contribution is -2.14. The summed E-state index contributed by atoms with van der Waals surface area (Å²) in [6.07, 6.45) is 4.71. The Hall–Kier alpha value is -1.98. The number of benzene rings is 1. The van der Waals surface area contributed by atoms with Gasteiger partial charge < -0.3 is 14.2 Å². The van der Waals surface area contributed by atoms with Crippen LogP contribution in [0, 0.1) is 0 Å². The maximum atomic E-state index is 12.9. The molecule has 1 aliphatic rings. The van der Waals surface area contributed by atoms with E-state index in [0.717, 1.165) is 12.8 Å². The molecule has 0 spiro atoms. The fraction of sp³-hybridized carbons (Fsp3) is 0.333. The predicted molar refractivity (Wildman–Crippen MR) is 95.5 cm³/mol. The van der Waals surface area contributed by atoms with Crippen LogP contribution >= 0.6 is 23.2 Å². The van der Waals surface area contributed by atoms with E-state index in [-0.39, 0.29) is 12.2 Å². The van der Waals surface area contributed by atoms with E-state index in [9.17, 15) is 4.79 Å². The Morgan fingerprint density at radius 3 is 2.40 bits per heavy atom. The zero-order valence-electron chi connectivity index (χ0n) is 13.7. The first kappa shape index (κ1) is 17.8. The van der Waals surface area contributed by atoms with Crippen molar-refractivity contribution in [1.82, 2.24) is 4.98 Å². The van der Waals surface area contributed by atoms with Crippen LogP contribution in [-0.4, -0.2) is 31.1 Å². The summed E-state index contributed by atoms with van der Waals surface area (Å²) in [7, 11) is 1.55. The lowest BCUT2D eigenvalue weighted by Gasteiger charge is -2.21. The molecule has 0 fully saturated rings. The number of ether oxygens (including phenoxy) is 3. The van der Waals surface area contributed by atoms with Gasteiger partial charge >= 0.3 is 0 Å². The minimum Gasteiger partial charge on any atom is -0.493 e. The summed E-state index contributed by atoms with van der Waals surface area (Å²) in [6.45, 7) is 1.06. The summed E-state index contributed by atoms with van der Waals surface area (Å²) < 4.78 is 16.9. The van der Waals surface area contributed by atoms with E-state index in [2.05, 4.69) is 4.98 Å². The maximum absolute atomic E-state index is 12.9. The van der Waals surface area contributed by atoms with Crippen molar-refractivity contribution in [2.45, 2.75) is 19.3 Å². The van der Waals surface area contributed by atoms with Crippen LogP contribution in [-0.2, 0) is 6.42 Å². The van der Waals surface area contributed by atoms with E-state index in [4.69, 9.17) is 37.4 Å². The third-order valence-corrected chi connectivity index (χ3v) is 4.57. The first-order chi connectivity index (χ1) is 12.1.